The highest BCUT2D eigenvalue weighted by Gasteiger charge is 2.13. The standard InChI is InChI=1S/C12H20N2.2ClH/c1-4-14(5-2)10(3)11-8-6-7-9-12(11)13;;/h6-10H,4-5,13H2,1-3H3;2*1H. The minimum Gasteiger partial charge on any atom is -0.398 e. The van der Waals surface area contributed by atoms with E-state index in [1.54, 1.807) is 0 Å². The fourth-order valence-electron chi connectivity index (χ4n) is 1.86. The number of nitrogens with zero attached hydrogens (tertiary/aromatic N) is 1. The smallest absolute Gasteiger partial charge is 0.0362 e. The molecule has 1 aromatic rings. The van der Waals surface area contributed by atoms with Crippen molar-refractivity contribution in [2.45, 2.75) is 26.8 Å². The molecule has 0 aliphatic carbocycles. The van der Waals surface area contributed by atoms with Crippen molar-refractivity contribution in [1.29, 1.82) is 0 Å². The molecule has 0 bridgehead atoms. The van der Waals surface area contributed by atoms with E-state index in [9.17, 15) is 0 Å². The van der Waals surface area contributed by atoms with Crippen molar-refractivity contribution >= 4 is 30.5 Å². The van der Waals surface area contributed by atoms with Gasteiger partial charge >= 0.3 is 0 Å². The van der Waals surface area contributed by atoms with Crippen LogP contribution in [0, 0.1) is 0 Å². The quantitative estimate of drug-likeness (QED) is 0.844. The van der Waals surface area contributed by atoms with Crippen molar-refractivity contribution in [3.63, 3.8) is 0 Å². The second-order valence-corrected chi connectivity index (χ2v) is 3.53. The van der Waals surface area contributed by atoms with Crippen LogP contribution in [0.15, 0.2) is 24.3 Å². The summed E-state index contributed by atoms with van der Waals surface area (Å²) in [4.78, 5) is 2.39. The van der Waals surface area contributed by atoms with Crippen LogP contribution in [0.4, 0.5) is 5.69 Å². The van der Waals surface area contributed by atoms with Crippen LogP contribution in [0.2, 0.25) is 0 Å². The summed E-state index contributed by atoms with van der Waals surface area (Å²) in [5, 5.41) is 0. The Balaban J connectivity index is 0. The van der Waals surface area contributed by atoms with Crippen LogP contribution >= 0.6 is 24.8 Å². The molecule has 0 fully saturated rings. The van der Waals surface area contributed by atoms with Gasteiger partial charge < -0.3 is 5.73 Å². The Morgan fingerprint density at radius 3 is 2.06 bits per heavy atom. The van der Waals surface area contributed by atoms with Gasteiger partial charge in [0.2, 0.25) is 0 Å². The van der Waals surface area contributed by atoms with Crippen LogP contribution in [-0.2, 0) is 0 Å². The average molecular weight is 265 g/mol. The maximum atomic E-state index is 5.94. The minimum absolute atomic E-state index is 0. The first-order chi connectivity index (χ1) is 6.70. The van der Waals surface area contributed by atoms with Gasteiger partial charge in [-0.3, -0.25) is 4.90 Å². The zero-order valence-corrected chi connectivity index (χ0v) is 11.8. The Morgan fingerprint density at radius 1 is 1.12 bits per heavy atom. The molecule has 0 aliphatic heterocycles. The topological polar surface area (TPSA) is 29.3 Å². The van der Waals surface area contributed by atoms with Crippen molar-refractivity contribution in [2.24, 2.45) is 0 Å². The van der Waals surface area contributed by atoms with Crippen molar-refractivity contribution < 1.29 is 0 Å². The van der Waals surface area contributed by atoms with E-state index in [4.69, 9.17) is 5.73 Å². The Morgan fingerprint density at radius 2 is 1.62 bits per heavy atom. The Labute approximate surface area is 111 Å². The predicted octanol–water partition coefficient (Wildman–Crippen LogP) is 3.52. The second kappa shape index (κ2) is 8.68. The van der Waals surface area contributed by atoms with E-state index in [1.165, 1.54) is 5.56 Å². The number of nitrogens with two attached hydrogens (primary N) is 1. The van der Waals surface area contributed by atoms with Gasteiger partial charge in [0.05, 0.1) is 0 Å². The molecule has 0 saturated carbocycles. The number of hydrogen-bond donors (Lipinski definition) is 1. The van der Waals surface area contributed by atoms with Crippen LogP contribution in [0.5, 0.6) is 0 Å². The number of halogens is 2. The summed E-state index contributed by atoms with van der Waals surface area (Å²) in [6.07, 6.45) is 0. The number of nitrogen functional groups attached to an aromatic ring is 1. The first kappa shape index (κ1) is 17.9. The highest BCUT2D eigenvalue weighted by atomic mass is 35.5. The molecular formula is C12H22Cl2N2. The zero-order chi connectivity index (χ0) is 10.6. The summed E-state index contributed by atoms with van der Waals surface area (Å²) in [6, 6.07) is 8.51. The molecule has 0 aromatic heterocycles. The van der Waals surface area contributed by atoms with Gasteiger partial charge in [-0.2, -0.15) is 0 Å². The fraction of sp³-hybridized carbons (Fsp3) is 0.500. The fourth-order valence-corrected chi connectivity index (χ4v) is 1.86. The molecule has 0 saturated heterocycles. The van der Waals surface area contributed by atoms with Crippen molar-refractivity contribution in [1.82, 2.24) is 4.90 Å². The summed E-state index contributed by atoms with van der Waals surface area (Å²) < 4.78 is 0. The van der Waals surface area contributed by atoms with Crippen LogP contribution in [0.25, 0.3) is 0 Å². The minimum atomic E-state index is 0. The lowest BCUT2D eigenvalue weighted by atomic mass is 10.1. The Kier molecular flexibility index (Phi) is 9.73. The van der Waals surface area contributed by atoms with Gasteiger partial charge in [0.25, 0.3) is 0 Å². The number of benzene rings is 1. The van der Waals surface area contributed by atoms with Crippen LogP contribution in [0.3, 0.4) is 0 Å². The molecule has 1 atom stereocenters. The van der Waals surface area contributed by atoms with E-state index in [0.717, 1.165) is 18.8 Å². The largest absolute Gasteiger partial charge is 0.398 e. The third kappa shape index (κ3) is 4.20. The van der Waals surface area contributed by atoms with Crippen LogP contribution < -0.4 is 5.73 Å². The normalized spacial score (nSPS) is 11.5. The highest BCUT2D eigenvalue weighted by Crippen LogP contribution is 2.24. The van der Waals surface area contributed by atoms with E-state index in [-0.39, 0.29) is 24.8 Å². The van der Waals surface area contributed by atoms with Gasteiger partial charge in [0, 0.05) is 11.7 Å². The molecule has 0 amide bonds. The SMILES string of the molecule is CCN(CC)C(C)c1ccccc1N.Cl.Cl. The lowest BCUT2D eigenvalue weighted by molar-refractivity contribution is 0.235. The van der Waals surface area contributed by atoms with Gasteiger partial charge in [-0.25, -0.2) is 0 Å². The number of rotatable bonds is 4. The zero-order valence-electron chi connectivity index (χ0n) is 10.1. The summed E-state index contributed by atoms with van der Waals surface area (Å²) in [6.45, 7) is 8.69. The Bertz CT molecular complexity index is 288. The molecule has 0 spiro atoms. The number of para-hydroxylation sites is 1. The summed E-state index contributed by atoms with van der Waals surface area (Å²) >= 11 is 0. The molecule has 0 radical (unpaired) electrons. The van der Waals surface area contributed by atoms with Crippen molar-refractivity contribution in [3.05, 3.63) is 29.8 Å². The maximum absolute atomic E-state index is 5.94. The first-order valence-corrected chi connectivity index (χ1v) is 5.29. The van der Waals surface area contributed by atoms with Crippen LogP contribution in [-0.4, -0.2) is 18.0 Å². The molecule has 2 N–H and O–H groups in total. The monoisotopic (exact) mass is 264 g/mol. The third-order valence-corrected chi connectivity index (χ3v) is 2.81. The van der Waals surface area contributed by atoms with E-state index in [0.29, 0.717) is 6.04 Å². The first-order valence-electron chi connectivity index (χ1n) is 5.29. The Hall–Kier alpha value is -0.440. The number of hydrogen-bond acceptors (Lipinski definition) is 2. The van der Waals surface area contributed by atoms with Gasteiger partial charge in [0.15, 0.2) is 0 Å². The molecule has 94 valence electrons. The van der Waals surface area contributed by atoms with E-state index < -0.39 is 0 Å². The molecule has 0 heterocycles. The predicted molar refractivity (Wildman–Crippen MR) is 76.7 cm³/mol. The molecule has 4 heteroatoms. The van der Waals surface area contributed by atoms with E-state index >= 15 is 0 Å². The van der Waals surface area contributed by atoms with Gasteiger partial charge in [-0.1, -0.05) is 32.0 Å². The summed E-state index contributed by atoms with van der Waals surface area (Å²) in [5.74, 6) is 0. The summed E-state index contributed by atoms with van der Waals surface area (Å²) in [7, 11) is 0. The maximum Gasteiger partial charge on any atom is 0.0362 e. The summed E-state index contributed by atoms with van der Waals surface area (Å²) in [5.41, 5.74) is 8.07. The molecule has 1 unspecified atom stereocenters. The van der Waals surface area contributed by atoms with Gasteiger partial charge in [-0.15, -0.1) is 24.8 Å². The molecule has 16 heavy (non-hydrogen) atoms. The second-order valence-electron chi connectivity index (χ2n) is 3.53. The molecule has 2 nitrogen and oxygen atoms in total. The van der Waals surface area contributed by atoms with Crippen molar-refractivity contribution in [2.75, 3.05) is 18.8 Å². The van der Waals surface area contributed by atoms with Crippen LogP contribution in [0.1, 0.15) is 32.4 Å². The molecule has 1 aromatic carbocycles. The molecular weight excluding hydrogens is 243 g/mol. The van der Waals surface area contributed by atoms with E-state index in [1.807, 2.05) is 18.2 Å². The van der Waals surface area contributed by atoms with Crippen molar-refractivity contribution in [3.8, 4) is 0 Å². The average Bonchev–Trinajstić information content (AvgIpc) is 2.20. The molecule has 1 rings (SSSR count). The highest BCUT2D eigenvalue weighted by molar-refractivity contribution is 5.85. The van der Waals surface area contributed by atoms with Gasteiger partial charge in [0.1, 0.15) is 0 Å². The molecule has 0 aliphatic rings. The lowest BCUT2D eigenvalue weighted by Crippen LogP contribution is -2.26. The van der Waals surface area contributed by atoms with Gasteiger partial charge in [-0.05, 0) is 31.6 Å². The lowest BCUT2D eigenvalue weighted by Gasteiger charge is -2.27. The number of anilines is 1. The third-order valence-electron chi connectivity index (χ3n) is 2.81. The van der Waals surface area contributed by atoms with E-state index in [2.05, 4.69) is 31.7 Å².